The number of ether oxygens (including phenoxy) is 2. The molecule has 1 fully saturated rings. The van der Waals surface area contributed by atoms with Gasteiger partial charge in [-0.15, -0.1) is 0 Å². The van der Waals surface area contributed by atoms with E-state index in [1.54, 1.807) is 7.11 Å². The Labute approximate surface area is 121 Å². The number of aliphatic hydroxyl groups excluding tert-OH is 1. The van der Waals surface area contributed by atoms with Crippen molar-refractivity contribution in [3.8, 4) is 11.5 Å². The van der Waals surface area contributed by atoms with E-state index in [9.17, 15) is 5.11 Å². The van der Waals surface area contributed by atoms with Crippen molar-refractivity contribution in [3.05, 3.63) is 24.3 Å². The number of nitrogens with zero attached hydrogens (tertiary/aromatic N) is 1. The van der Waals surface area contributed by atoms with Crippen LogP contribution in [-0.4, -0.2) is 49.0 Å². The monoisotopic (exact) mass is 279 g/mol. The fraction of sp³-hybridized carbons (Fsp3) is 0.625. The number of benzene rings is 1. The maximum Gasteiger partial charge on any atom is 0.161 e. The van der Waals surface area contributed by atoms with E-state index < -0.39 is 6.10 Å². The average Bonchev–Trinajstić information content (AvgIpc) is 2.48. The van der Waals surface area contributed by atoms with Crippen LogP contribution in [0, 0.1) is 0 Å². The Kier molecular flexibility index (Phi) is 5.68. The molecule has 20 heavy (non-hydrogen) atoms. The van der Waals surface area contributed by atoms with Crippen molar-refractivity contribution in [2.24, 2.45) is 0 Å². The smallest absolute Gasteiger partial charge is 0.161 e. The summed E-state index contributed by atoms with van der Waals surface area (Å²) in [7, 11) is 1.62. The number of β-amino-alcohol motifs (C(OH)–C–C–N with tert-alkyl or cyclic N) is 1. The Bertz CT molecular complexity index is 410. The zero-order valence-electron chi connectivity index (χ0n) is 12.4. The van der Waals surface area contributed by atoms with E-state index in [1.807, 2.05) is 24.3 Å². The standard InChI is InChI=1S/C16H25NO3/c1-13-7-5-6-10-17(13)11-14(18)12-20-16-9-4-3-8-15(16)19-2/h3-4,8-9,13-14,18H,5-7,10-12H2,1-2H3/t13-,14+/m0/s1. The first kappa shape index (κ1) is 15.1. The molecule has 2 atom stereocenters. The van der Waals surface area contributed by atoms with Crippen LogP contribution in [0.5, 0.6) is 11.5 Å². The van der Waals surface area contributed by atoms with Crippen LogP contribution in [-0.2, 0) is 0 Å². The summed E-state index contributed by atoms with van der Waals surface area (Å²) >= 11 is 0. The Balaban J connectivity index is 1.81. The van der Waals surface area contributed by atoms with E-state index in [1.165, 1.54) is 19.3 Å². The first-order valence-electron chi connectivity index (χ1n) is 7.38. The summed E-state index contributed by atoms with van der Waals surface area (Å²) in [5, 5.41) is 10.1. The van der Waals surface area contributed by atoms with E-state index >= 15 is 0 Å². The highest BCUT2D eigenvalue weighted by Gasteiger charge is 2.21. The SMILES string of the molecule is COc1ccccc1OC[C@H](O)CN1CCCC[C@@H]1C. The lowest BCUT2D eigenvalue weighted by Crippen LogP contribution is -2.43. The third-order valence-electron chi connectivity index (χ3n) is 3.89. The molecule has 1 aromatic carbocycles. The topological polar surface area (TPSA) is 41.9 Å². The van der Waals surface area contributed by atoms with E-state index in [4.69, 9.17) is 9.47 Å². The molecule has 4 nitrogen and oxygen atoms in total. The molecule has 1 aliphatic heterocycles. The number of para-hydroxylation sites is 2. The van der Waals surface area contributed by atoms with Crippen LogP contribution in [0.3, 0.4) is 0 Å². The van der Waals surface area contributed by atoms with Crippen molar-refractivity contribution in [2.45, 2.75) is 38.3 Å². The Morgan fingerprint density at radius 2 is 2.05 bits per heavy atom. The lowest BCUT2D eigenvalue weighted by Gasteiger charge is -2.34. The molecule has 2 rings (SSSR count). The lowest BCUT2D eigenvalue weighted by atomic mass is 10.0. The van der Waals surface area contributed by atoms with Crippen LogP contribution >= 0.6 is 0 Å². The highest BCUT2D eigenvalue weighted by atomic mass is 16.5. The van der Waals surface area contributed by atoms with Gasteiger partial charge in [0.25, 0.3) is 0 Å². The predicted octanol–water partition coefficient (Wildman–Crippen LogP) is 2.31. The Morgan fingerprint density at radius 3 is 2.75 bits per heavy atom. The van der Waals surface area contributed by atoms with Gasteiger partial charge in [-0.2, -0.15) is 0 Å². The second kappa shape index (κ2) is 7.50. The maximum atomic E-state index is 10.1. The first-order chi connectivity index (χ1) is 9.70. The van der Waals surface area contributed by atoms with Gasteiger partial charge in [0, 0.05) is 12.6 Å². The van der Waals surface area contributed by atoms with Crippen molar-refractivity contribution in [1.29, 1.82) is 0 Å². The maximum absolute atomic E-state index is 10.1. The van der Waals surface area contributed by atoms with E-state index in [2.05, 4.69) is 11.8 Å². The molecule has 0 radical (unpaired) electrons. The summed E-state index contributed by atoms with van der Waals surface area (Å²) in [4.78, 5) is 2.35. The van der Waals surface area contributed by atoms with Gasteiger partial charge in [0.1, 0.15) is 12.7 Å². The molecule has 1 saturated heterocycles. The Morgan fingerprint density at radius 1 is 1.30 bits per heavy atom. The summed E-state index contributed by atoms with van der Waals surface area (Å²) in [6, 6.07) is 8.07. The van der Waals surface area contributed by atoms with Gasteiger partial charge in [-0.05, 0) is 38.4 Å². The van der Waals surface area contributed by atoms with Gasteiger partial charge in [0.05, 0.1) is 7.11 Å². The molecule has 0 bridgehead atoms. The number of hydrogen-bond acceptors (Lipinski definition) is 4. The van der Waals surface area contributed by atoms with Crippen LogP contribution in [0.4, 0.5) is 0 Å². The highest BCUT2D eigenvalue weighted by Crippen LogP contribution is 2.26. The predicted molar refractivity (Wildman–Crippen MR) is 79.4 cm³/mol. The lowest BCUT2D eigenvalue weighted by molar-refractivity contribution is 0.0431. The van der Waals surface area contributed by atoms with Crippen molar-refractivity contribution in [2.75, 3.05) is 26.8 Å². The highest BCUT2D eigenvalue weighted by molar-refractivity contribution is 5.39. The Hall–Kier alpha value is -1.26. The molecule has 1 heterocycles. The summed E-state index contributed by atoms with van der Waals surface area (Å²) in [5.41, 5.74) is 0. The average molecular weight is 279 g/mol. The molecule has 1 aliphatic rings. The van der Waals surface area contributed by atoms with Gasteiger partial charge >= 0.3 is 0 Å². The third-order valence-corrected chi connectivity index (χ3v) is 3.89. The molecular formula is C16H25NO3. The molecule has 1 N–H and O–H groups in total. The van der Waals surface area contributed by atoms with Crippen LogP contribution in [0.25, 0.3) is 0 Å². The quantitative estimate of drug-likeness (QED) is 0.867. The number of rotatable bonds is 6. The van der Waals surface area contributed by atoms with Crippen molar-refractivity contribution >= 4 is 0 Å². The van der Waals surface area contributed by atoms with Crippen molar-refractivity contribution < 1.29 is 14.6 Å². The molecule has 1 aromatic rings. The number of piperidine rings is 1. The van der Waals surface area contributed by atoms with Gasteiger partial charge in [0.15, 0.2) is 11.5 Å². The molecule has 0 spiro atoms. The molecule has 0 aromatic heterocycles. The number of aliphatic hydroxyl groups is 1. The zero-order valence-corrected chi connectivity index (χ0v) is 12.4. The van der Waals surface area contributed by atoms with Crippen molar-refractivity contribution in [3.63, 3.8) is 0 Å². The molecule has 0 amide bonds. The fourth-order valence-electron chi connectivity index (χ4n) is 2.68. The van der Waals surface area contributed by atoms with E-state index in [0.717, 1.165) is 6.54 Å². The summed E-state index contributed by atoms with van der Waals surface area (Å²) in [5.74, 6) is 1.38. The van der Waals surface area contributed by atoms with E-state index in [-0.39, 0.29) is 0 Å². The fourth-order valence-corrected chi connectivity index (χ4v) is 2.68. The van der Waals surface area contributed by atoms with Gasteiger partial charge in [0.2, 0.25) is 0 Å². The number of hydrogen-bond donors (Lipinski definition) is 1. The minimum Gasteiger partial charge on any atom is -0.493 e. The van der Waals surface area contributed by atoms with Gasteiger partial charge in [-0.1, -0.05) is 18.6 Å². The van der Waals surface area contributed by atoms with Crippen LogP contribution in [0.2, 0.25) is 0 Å². The molecule has 4 heteroatoms. The third kappa shape index (κ3) is 4.12. The zero-order chi connectivity index (χ0) is 14.4. The summed E-state index contributed by atoms with van der Waals surface area (Å²) in [6.07, 6.45) is 3.27. The van der Waals surface area contributed by atoms with Crippen LogP contribution in [0.1, 0.15) is 26.2 Å². The molecule has 112 valence electrons. The van der Waals surface area contributed by atoms with Gasteiger partial charge in [-0.3, -0.25) is 4.90 Å². The van der Waals surface area contributed by atoms with Crippen LogP contribution < -0.4 is 9.47 Å². The van der Waals surface area contributed by atoms with Gasteiger partial charge in [-0.25, -0.2) is 0 Å². The summed E-state index contributed by atoms with van der Waals surface area (Å²) < 4.78 is 10.9. The van der Waals surface area contributed by atoms with Crippen molar-refractivity contribution in [1.82, 2.24) is 4.90 Å². The van der Waals surface area contributed by atoms with Crippen LogP contribution in [0.15, 0.2) is 24.3 Å². The molecule has 0 saturated carbocycles. The largest absolute Gasteiger partial charge is 0.493 e. The normalized spacial score (nSPS) is 21.4. The molecular weight excluding hydrogens is 254 g/mol. The molecule has 0 aliphatic carbocycles. The second-order valence-corrected chi connectivity index (χ2v) is 5.46. The molecule has 0 unspecified atom stereocenters. The second-order valence-electron chi connectivity index (χ2n) is 5.46. The first-order valence-corrected chi connectivity index (χ1v) is 7.38. The minimum atomic E-state index is -0.472. The number of likely N-dealkylation sites (tertiary alicyclic amines) is 1. The minimum absolute atomic E-state index is 0.295. The number of methoxy groups -OCH3 is 1. The van der Waals surface area contributed by atoms with Gasteiger partial charge < -0.3 is 14.6 Å². The van der Waals surface area contributed by atoms with E-state index in [0.29, 0.717) is 30.7 Å². The summed E-state index contributed by atoms with van der Waals surface area (Å²) in [6.45, 7) is 4.28.